The second kappa shape index (κ2) is 5.58. The lowest BCUT2D eigenvalue weighted by atomic mass is 9.71. The van der Waals surface area contributed by atoms with Crippen LogP contribution in [0.1, 0.15) is 34.1 Å². The van der Waals surface area contributed by atoms with E-state index in [1.165, 1.54) is 7.05 Å². The average Bonchev–Trinajstić information content (AvgIpc) is 2.60. The Balaban J connectivity index is 2.70. The second-order valence-corrected chi connectivity index (χ2v) is 9.60. The summed E-state index contributed by atoms with van der Waals surface area (Å²) in [6.45, 7) is 7.26. The highest BCUT2D eigenvalue weighted by molar-refractivity contribution is 7.93. The van der Waals surface area contributed by atoms with Gasteiger partial charge in [0.15, 0.2) is 9.84 Å². The van der Waals surface area contributed by atoms with E-state index in [-0.39, 0.29) is 23.5 Å². The first kappa shape index (κ1) is 18.4. The molecule has 1 saturated heterocycles. The van der Waals surface area contributed by atoms with Crippen LogP contribution in [0, 0.1) is 10.8 Å². The van der Waals surface area contributed by atoms with Crippen LogP contribution in [0.2, 0.25) is 0 Å². The first-order valence-corrected chi connectivity index (χ1v) is 9.39. The molecule has 1 fully saturated rings. The number of rotatable bonds is 3. The zero-order valence-electron chi connectivity index (χ0n) is 14.6. The largest absolute Gasteiger partial charge is 0.506 e. The van der Waals surface area contributed by atoms with Crippen molar-refractivity contribution in [1.29, 1.82) is 5.41 Å². The number of amides is 1. The molecular weight excluding hydrogens is 328 g/mol. The summed E-state index contributed by atoms with van der Waals surface area (Å²) in [5, 5.41) is 20.3. The third-order valence-electron chi connectivity index (χ3n) is 5.04. The highest BCUT2D eigenvalue weighted by Gasteiger charge is 2.57. The third kappa shape index (κ3) is 2.42. The van der Waals surface area contributed by atoms with Gasteiger partial charge < -0.3 is 15.8 Å². The molecule has 1 atom stereocenters. The number of likely N-dealkylation sites (N-methyl/N-ethyl adjacent to an activating group) is 1. The van der Waals surface area contributed by atoms with E-state index in [0.717, 1.165) is 11.8 Å². The summed E-state index contributed by atoms with van der Waals surface area (Å²) in [5.74, 6) is -0.800. The van der Waals surface area contributed by atoms with E-state index in [2.05, 4.69) is 5.32 Å². The normalized spacial score (nSPS) is 28.6. The van der Waals surface area contributed by atoms with Gasteiger partial charge in [0.2, 0.25) is 0 Å². The summed E-state index contributed by atoms with van der Waals surface area (Å²) in [4.78, 5) is 11.8. The average molecular weight is 352 g/mol. The predicted molar refractivity (Wildman–Crippen MR) is 93.9 cm³/mol. The van der Waals surface area contributed by atoms with Crippen LogP contribution in [0.15, 0.2) is 34.1 Å². The van der Waals surface area contributed by atoms with Crippen LogP contribution >= 0.6 is 0 Å². The minimum absolute atomic E-state index is 0.0572. The number of sulfone groups is 1. The minimum atomic E-state index is -3.31. The van der Waals surface area contributed by atoms with Crippen LogP contribution in [-0.4, -0.2) is 43.2 Å². The summed E-state index contributed by atoms with van der Waals surface area (Å²) < 4.78 is 24.3. The van der Waals surface area contributed by atoms with E-state index in [1.54, 1.807) is 19.9 Å². The molecule has 3 N–H and O–H groups in total. The fourth-order valence-corrected chi connectivity index (χ4v) is 6.58. The molecule has 1 amide bonds. The van der Waals surface area contributed by atoms with E-state index >= 15 is 0 Å². The summed E-state index contributed by atoms with van der Waals surface area (Å²) >= 11 is 0. The number of allylic oxidation sites excluding steroid dienone is 2. The van der Waals surface area contributed by atoms with Crippen LogP contribution in [-0.2, 0) is 14.6 Å². The summed E-state index contributed by atoms with van der Waals surface area (Å²) in [7, 11) is -1.89. The SMILES string of the molecule is CNC(=O)C(C=N)=C(O)C1=CCC2(C)C(=C1C)C(C)(C)CS2(=O)=O. The Morgan fingerprint density at radius 2 is 1.96 bits per heavy atom. The molecule has 7 heteroatoms. The number of fused-ring (bicyclic) bond motifs is 1. The van der Waals surface area contributed by atoms with Gasteiger partial charge in [0, 0.05) is 24.3 Å². The Morgan fingerprint density at radius 3 is 2.46 bits per heavy atom. The Bertz CT molecular complexity index is 816. The number of hydrogen-bond acceptors (Lipinski definition) is 5. The van der Waals surface area contributed by atoms with Crippen molar-refractivity contribution < 1.29 is 18.3 Å². The molecule has 0 radical (unpaired) electrons. The second-order valence-electron chi connectivity index (χ2n) is 7.18. The standard InChI is InChI=1S/C17H24N2O4S/c1-10-11(13(20)12(8-18)15(21)19-5)6-7-17(4)14(10)16(2,3)9-24(17,22)23/h6,8,18,20H,7,9H2,1-5H3,(H,19,21). The smallest absolute Gasteiger partial charge is 0.256 e. The van der Waals surface area contributed by atoms with Crippen LogP contribution in [0.4, 0.5) is 0 Å². The predicted octanol–water partition coefficient (Wildman–Crippen LogP) is 2.05. The van der Waals surface area contributed by atoms with Crippen LogP contribution < -0.4 is 5.32 Å². The van der Waals surface area contributed by atoms with Gasteiger partial charge in [-0.25, -0.2) is 8.42 Å². The number of nitrogens with one attached hydrogen (secondary N) is 2. The molecular formula is C17H24N2O4S. The molecule has 0 spiro atoms. The van der Waals surface area contributed by atoms with Crippen molar-refractivity contribution in [3.63, 3.8) is 0 Å². The van der Waals surface area contributed by atoms with E-state index < -0.39 is 25.9 Å². The van der Waals surface area contributed by atoms with Gasteiger partial charge in [-0.1, -0.05) is 19.9 Å². The van der Waals surface area contributed by atoms with Crippen molar-refractivity contribution in [3.8, 4) is 0 Å². The molecule has 1 heterocycles. The van der Waals surface area contributed by atoms with E-state index in [9.17, 15) is 18.3 Å². The van der Waals surface area contributed by atoms with Crippen LogP contribution in [0.25, 0.3) is 0 Å². The Hall–Kier alpha value is -1.89. The summed E-state index contributed by atoms with van der Waals surface area (Å²) in [5.41, 5.74) is 1.17. The zero-order chi connectivity index (χ0) is 18.5. The fourth-order valence-electron chi connectivity index (χ4n) is 4.09. The molecule has 2 rings (SSSR count). The van der Waals surface area contributed by atoms with Crippen molar-refractivity contribution in [2.24, 2.45) is 5.41 Å². The quantitative estimate of drug-likeness (QED) is 0.410. The molecule has 6 nitrogen and oxygen atoms in total. The lowest BCUT2D eigenvalue weighted by Gasteiger charge is -2.34. The highest BCUT2D eigenvalue weighted by atomic mass is 32.2. The minimum Gasteiger partial charge on any atom is -0.506 e. The van der Waals surface area contributed by atoms with Crippen LogP contribution in [0.3, 0.4) is 0 Å². The maximum atomic E-state index is 12.7. The highest BCUT2D eigenvalue weighted by Crippen LogP contribution is 2.55. The van der Waals surface area contributed by atoms with Crippen molar-refractivity contribution in [1.82, 2.24) is 5.32 Å². The van der Waals surface area contributed by atoms with Gasteiger partial charge in [0.25, 0.3) is 5.91 Å². The first-order valence-electron chi connectivity index (χ1n) is 7.74. The Labute approximate surface area is 142 Å². The molecule has 0 bridgehead atoms. The lowest BCUT2D eigenvalue weighted by Crippen LogP contribution is -2.35. The van der Waals surface area contributed by atoms with Gasteiger partial charge in [-0.05, 0) is 31.4 Å². The van der Waals surface area contributed by atoms with E-state index in [0.29, 0.717) is 11.1 Å². The van der Waals surface area contributed by atoms with Crippen molar-refractivity contribution in [2.75, 3.05) is 12.8 Å². The Morgan fingerprint density at radius 1 is 1.38 bits per heavy atom. The monoisotopic (exact) mass is 352 g/mol. The molecule has 0 aromatic rings. The molecule has 0 saturated carbocycles. The molecule has 0 aromatic heterocycles. The molecule has 132 valence electrons. The Kier molecular flexibility index (Phi) is 4.29. The number of carbonyl (C=O) groups is 1. The third-order valence-corrected chi connectivity index (χ3v) is 7.89. The molecule has 1 unspecified atom stereocenters. The van der Waals surface area contributed by atoms with E-state index in [1.807, 2.05) is 13.8 Å². The van der Waals surface area contributed by atoms with Gasteiger partial charge in [-0.15, -0.1) is 0 Å². The molecule has 1 aliphatic carbocycles. The maximum Gasteiger partial charge on any atom is 0.256 e. The van der Waals surface area contributed by atoms with Gasteiger partial charge in [-0.3, -0.25) is 4.79 Å². The summed E-state index contributed by atoms with van der Waals surface area (Å²) in [6, 6.07) is 0. The van der Waals surface area contributed by atoms with Crippen molar-refractivity contribution in [3.05, 3.63) is 34.1 Å². The maximum absolute atomic E-state index is 12.7. The van der Waals surface area contributed by atoms with Crippen LogP contribution in [0.5, 0.6) is 0 Å². The zero-order valence-corrected chi connectivity index (χ0v) is 15.5. The van der Waals surface area contributed by atoms with E-state index in [4.69, 9.17) is 5.41 Å². The molecule has 2 aliphatic rings. The number of carbonyl (C=O) groups excluding carboxylic acids is 1. The lowest BCUT2D eigenvalue weighted by molar-refractivity contribution is -0.116. The van der Waals surface area contributed by atoms with Gasteiger partial charge in [0.05, 0.1) is 16.1 Å². The van der Waals surface area contributed by atoms with Crippen molar-refractivity contribution >= 4 is 22.0 Å². The number of aliphatic hydroxyl groups is 1. The van der Waals surface area contributed by atoms with Gasteiger partial charge in [0.1, 0.15) is 5.76 Å². The molecule has 24 heavy (non-hydrogen) atoms. The summed E-state index contributed by atoms with van der Waals surface area (Å²) in [6.07, 6.45) is 2.70. The topological polar surface area (TPSA) is 107 Å². The number of aliphatic hydroxyl groups excluding tert-OH is 1. The van der Waals surface area contributed by atoms with Gasteiger partial charge in [-0.2, -0.15) is 0 Å². The fraction of sp³-hybridized carbons (Fsp3) is 0.529. The van der Waals surface area contributed by atoms with Crippen molar-refractivity contribution in [2.45, 2.75) is 38.9 Å². The van der Waals surface area contributed by atoms with Gasteiger partial charge >= 0.3 is 0 Å². The first-order chi connectivity index (χ1) is 10.9. The molecule has 0 aromatic carbocycles. The number of hydrogen-bond donors (Lipinski definition) is 3. The molecule has 1 aliphatic heterocycles.